The number of methoxy groups -OCH3 is 1. The van der Waals surface area contributed by atoms with Crippen LogP contribution in [0.15, 0.2) is 0 Å². The lowest BCUT2D eigenvalue weighted by atomic mass is 10.4. The van der Waals surface area contributed by atoms with Gasteiger partial charge in [-0.2, -0.15) is 11.8 Å². The van der Waals surface area contributed by atoms with Crippen molar-refractivity contribution in [2.75, 3.05) is 19.0 Å². The van der Waals surface area contributed by atoms with Crippen molar-refractivity contribution in [1.82, 2.24) is 9.97 Å². The lowest BCUT2D eigenvalue weighted by molar-refractivity contribution is 0.180. The number of hydrogen-bond acceptors (Lipinski definition) is 5. The summed E-state index contributed by atoms with van der Waals surface area (Å²) in [7, 11) is 1.69. The molecule has 0 saturated heterocycles. The zero-order valence-electron chi connectivity index (χ0n) is 12.0. The standard InChI is InChI=1S/C13H22IN3OS/c1-5-9(3)19-8-11-16-10(7-18-4)12(14)13(17-11)15-6-2/h9H,5-8H2,1-4H3,(H,15,16,17). The lowest BCUT2D eigenvalue weighted by Crippen LogP contribution is -2.10. The maximum Gasteiger partial charge on any atom is 0.143 e. The Morgan fingerprint density at radius 2 is 2.11 bits per heavy atom. The molecule has 0 aliphatic carbocycles. The Morgan fingerprint density at radius 1 is 1.37 bits per heavy atom. The fourth-order valence-electron chi connectivity index (χ4n) is 1.46. The van der Waals surface area contributed by atoms with E-state index in [1.54, 1.807) is 7.11 Å². The maximum absolute atomic E-state index is 5.21. The number of aromatic nitrogens is 2. The molecule has 0 amide bonds. The average Bonchev–Trinajstić information content (AvgIpc) is 2.41. The number of halogens is 1. The molecule has 1 rings (SSSR count). The third-order valence-electron chi connectivity index (χ3n) is 2.66. The van der Waals surface area contributed by atoms with E-state index in [1.807, 2.05) is 11.8 Å². The highest BCUT2D eigenvalue weighted by molar-refractivity contribution is 14.1. The molecule has 6 heteroatoms. The second-order valence-electron chi connectivity index (χ2n) is 4.24. The van der Waals surface area contributed by atoms with Gasteiger partial charge in [0.05, 0.1) is 21.6 Å². The van der Waals surface area contributed by atoms with Crippen molar-refractivity contribution in [1.29, 1.82) is 0 Å². The Bertz CT molecular complexity index is 376. The summed E-state index contributed by atoms with van der Waals surface area (Å²) in [6.07, 6.45) is 1.17. The molecule has 0 aliphatic heterocycles. The number of hydrogen-bond donors (Lipinski definition) is 1. The molecule has 1 aromatic rings. The van der Waals surface area contributed by atoms with Gasteiger partial charge in [0, 0.05) is 18.9 Å². The van der Waals surface area contributed by atoms with Gasteiger partial charge in [-0.3, -0.25) is 0 Å². The predicted molar refractivity (Wildman–Crippen MR) is 90.7 cm³/mol. The first kappa shape index (κ1) is 17.0. The Hall–Kier alpha value is -0.0800. The van der Waals surface area contributed by atoms with Crippen molar-refractivity contribution in [3.05, 3.63) is 15.1 Å². The molecule has 0 fully saturated rings. The van der Waals surface area contributed by atoms with Crippen LogP contribution in [0.4, 0.5) is 5.82 Å². The largest absolute Gasteiger partial charge is 0.378 e. The van der Waals surface area contributed by atoms with E-state index >= 15 is 0 Å². The Kier molecular flexibility index (Phi) is 8.01. The van der Waals surface area contributed by atoms with Crippen LogP contribution in [-0.2, 0) is 17.1 Å². The number of rotatable bonds is 8. The van der Waals surface area contributed by atoms with E-state index in [0.717, 1.165) is 33.2 Å². The summed E-state index contributed by atoms with van der Waals surface area (Å²) in [4.78, 5) is 9.21. The van der Waals surface area contributed by atoms with Gasteiger partial charge in [-0.15, -0.1) is 0 Å². The van der Waals surface area contributed by atoms with Crippen LogP contribution in [0, 0.1) is 3.57 Å². The van der Waals surface area contributed by atoms with Gasteiger partial charge in [0.1, 0.15) is 11.6 Å². The molecule has 19 heavy (non-hydrogen) atoms. The third kappa shape index (κ3) is 5.43. The highest BCUT2D eigenvalue weighted by Gasteiger charge is 2.12. The number of nitrogens with one attached hydrogen (secondary N) is 1. The molecule has 1 aromatic heterocycles. The molecule has 1 N–H and O–H groups in total. The van der Waals surface area contributed by atoms with Crippen LogP contribution >= 0.6 is 34.4 Å². The minimum absolute atomic E-state index is 0.528. The second-order valence-corrected chi connectivity index (χ2v) is 6.75. The van der Waals surface area contributed by atoms with Crippen LogP contribution < -0.4 is 5.32 Å². The van der Waals surface area contributed by atoms with E-state index in [2.05, 4.69) is 58.6 Å². The van der Waals surface area contributed by atoms with Crippen molar-refractivity contribution in [3.8, 4) is 0 Å². The smallest absolute Gasteiger partial charge is 0.143 e. The molecule has 1 atom stereocenters. The molecule has 0 spiro atoms. The monoisotopic (exact) mass is 395 g/mol. The first-order valence-corrected chi connectivity index (χ1v) is 8.64. The first-order valence-electron chi connectivity index (χ1n) is 6.52. The molecule has 0 bridgehead atoms. The summed E-state index contributed by atoms with van der Waals surface area (Å²) in [5, 5.41) is 3.93. The van der Waals surface area contributed by atoms with Crippen molar-refractivity contribution in [3.63, 3.8) is 0 Å². The topological polar surface area (TPSA) is 47.0 Å². The fourth-order valence-corrected chi connectivity index (χ4v) is 2.85. The number of nitrogens with zero attached hydrogens (tertiary/aromatic N) is 2. The van der Waals surface area contributed by atoms with Gasteiger partial charge in [0.25, 0.3) is 0 Å². The van der Waals surface area contributed by atoms with E-state index in [-0.39, 0.29) is 0 Å². The first-order chi connectivity index (χ1) is 9.12. The quantitative estimate of drug-likeness (QED) is 0.681. The van der Waals surface area contributed by atoms with Crippen molar-refractivity contribution in [2.24, 2.45) is 0 Å². The summed E-state index contributed by atoms with van der Waals surface area (Å²) in [5.74, 6) is 2.65. The summed E-state index contributed by atoms with van der Waals surface area (Å²) in [6.45, 7) is 7.89. The van der Waals surface area contributed by atoms with Crippen LogP contribution in [0.25, 0.3) is 0 Å². The average molecular weight is 395 g/mol. The van der Waals surface area contributed by atoms with E-state index in [9.17, 15) is 0 Å². The Morgan fingerprint density at radius 3 is 2.68 bits per heavy atom. The summed E-state index contributed by atoms with van der Waals surface area (Å²) < 4.78 is 6.27. The minimum Gasteiger partial charge on any atom is -0.378 e. The zero-order chi connectivity index (χ0) is 14.3. The molecule has 0 saturated carbocycles. The molecule has 0 aliphatic rings. The minimum atomic E-state index is 0.528. The van der Waals surface area contributed by atoms with Gasteiger partial charge in [-0.05, 0) is 35.9 Å². The second kappa shape index (κ2) is 8.97. The molecule has 1 heterocycles. The summed E-state index contributed by atoms with van der Waals surface area (Å²) >= 11 is 4.17. The Labute approximate surface area is 133 Å². The highest BCUT2D eigenvalue weighted by Crippen LogP contribution is 2.23. The molecule has 1 unspecified atom stereocenters. The van der Waals surface area contributed by atoms with E-state index < -0.39 is 0 Å². The van der Waals surface area contributed by atoms with Gasteiger partial charge >= 0.3 is 0 Å². The predicted octanol–water partition coefficient (Wildman–Crippen LogP) is 3.69. The van der Waals surface area contributed by atoms with Gasteiger partial charge in [0.15, 0.2) is 0 Å². The van der Waals surface area contributed by atoms with Crippen LogP contribution in [0.1, 0.15) is 38.7 Å². The van der Waals surface area contributed by atoms with Crippen molar-refractivity contribution < 1.29 is 4.74 Å². The van der Waals surface area contributed by atoms with E-state index in [1.165, 1.54) is 6.42 Å². The van der Waals surface area contributed by atoms with Crippen LogP contribution in [-0.4, -0.2) is 28.9 Å². The molecular formula is C13H22IN3OS. The summed E-state index contributed by atoms with van der Waals surface area (Å²) in [5.41, 5.74) is 0.966. The van der Waals surface area contributed by atoms with Gasteiger partial charge in [-0.25, -0.2) is 9.97 Å². The molecular weight excluding hydrogens is 373 g/mol. The third-order valence-corrected chi connectivity index (χ3v) is 5.12. The van der Waals surface area contributed by atoms with Crippen LogP contribution in [0.3, 0.4) is 0 Å². The molecule has 0 aromatic carbocycles. The van der Waals surface area contributed by atoms with Crippen LogP contribution in [0.2, 0.25) is 0 Å². The SMILES string of the molecule is CCNc1nc(CSC(C)CC)nc(COC)c1I. The molecule has 4 nitrogen and oxygen atoms in total. The number of anilines is 1. The number of thioether (sulfide) groups is 1. The van der Waals surface area contributed by atoms with E-state index in [4.69, 9.17) is 4.74 Å². The lowest BCUT2D eigenvalue weighted by Gasteiger charge is -2.13. The van der Waals surface area contributed by atoms with Gasteiger partial charge < -0.3 is 10.1 Å². The maximum atomic E-state index is 5.21. The van der Waals surface area contributed by atoms with Gasteiger partial charge in [0.2, 0.25) is 0 Å². The highest BCUT2D eigenvalue weighted by atomic mass is 127. The normalized spacial score (nSPS) is 12.5. The zero-order valence-corrected chi connectivity index (χ0v) is 15.0. The van der Waals surface area contributed by atoms with Crippen molar-refractivity contribution >= 4 is 40.2 Å². The van der Waals surface area contributed by atoms with Gasteiger partial charge in [-0.1, -0.05) is 13.8 Å². The summed E-state index contributed by atoms with van der Waals surface area (Å²) in [6, 6.07) is 0. The van der Waals surface area contributed by atoms with Crippen molar-refractivity contribution in [2.45, 2.75) is 44.8 Å². The molecule has 108 valence electrons. The van der Waals surface area contributed by atoms with Crippen LogP contribution in [0.5, 0.6) is 0 Å². The molecule has 0 radical (unpaired) electrons. The Balaban J connectivity index is 2.90. The van der Waals surface area contributed by atoms with E-state index in [0.29, 0.717) is 11.9 Å². The number of ether oxygens (including phenoxy) is 1. The fraction of sp³-hybridized carbons (Fsp3) is 0.692.